The molecule has 0 unspecified atom stereocenters. The highest BCUT2D eigenvalue weighted by Gasteiger charge is 2.26. The fourth-order valence-electron chi connectivity index (χ4n) is 1.68. The summed E-state index contributed by atoms with van der Waals surface area (Å²) in [5.74, 6) is 0. The molecule has 1 rings (SSSR count). The number of hydrogen-bond donors (Lipinski definition) is 0. The van der Waals surface area contributed by atoms with Crippen molar-refractivity contribution >= 4 is 10.2 Å². The van der Waals surface area contributed by atoms with E-state index in [0.29, 0.717) is 6.61 Å². The number of nitrogens with zero attached hydrogens (tertiary/aromatic N) is 4. The molecule has 0 radical (unpaired) electrons. The number of nitriles is 1. The summed E-state index contributed by atoms with van der Waals surface area (Å²) in [6.07, 6.45) is 3.42. The maximum atomic E-state index is 12.5. The van der Waals surface area contributed by atoms with Crippen molar-refractivity contribution in [1.82, 2.24) is 13.6 Å². The van der Waals surface area contributed by atoms with Crippen LogP contribution < -0.4 is 0 Å². The zero-order valence-corrected chi connectivity index (χ0v) is 13.1. The zero-order valence-electron chi connectivity index (χ0n) is 12.3. The number of methoxy groups -OCH3 is 1. The van der Waals surface area contributed by atoms with E-state index in [-0.39, 0.29) is 26.1 Å². The first-order chi connectivity index (χ1) is 10.0. The molecule has 1 aromatic rings. The van der Waals surface area contributed by atoms with Crippen LogP contribution in [0.5, 0.6) is 0 Å². The molecule has 0 amide bonds. The van der Waals surface area contributed by atoms with Crippen LogP contribution in [0.15, 0.2) is 24.5 Å². The van der Waals surface area contributed by atoms with E-state index in [9.17, 15) is 8.42 Å². The Hall–Kier alpha value is -1.53. The Balaban J connectivity index is 2.87. The van der Waals surface area contributed by atoms with E-state index in [2.05, 4.69) is 4.98 Å². The highest BCUT2D eigenvalue weighted by atomic mass is 32.2. The van der Waals surface area contributed by atoms with E-state index < -0.39 is 10.2 Å². The summed E-state index contributed by atoms with van der Waals surface area (Å²) in [7, 11) is -0.646. The SMILES string of the molecule is COCCN(Cc1cccnc1)S(=O)(=O)N(C)CCC#N. The molecule has 116 valence electrons. The Morgan fingerprint density at radius 1 is 1.43 bits per heavy atom. The molecule has 0 saturated carbocycles. The third-order valence-corrected chi connectivity index (χ3v) is 4.82. The fourth-order valence-corrected chi connectivity index (χ4v) is 3.02. The lowest BCUT2D eigenvalue weighted by atomic mass is 10.3. The van der Waals surface area contributed by atoms with Crippen molar-refractivity contribution in [3.8, 4) is 6.07 Å². The van der Waals surface area contributed by atoms with E-state index in [1.807, 2.05) is 12.1 Å². The molecule has 21 heavy (non-hydrogen) atoms. The molecular weight excluding hydrogens is 292 g/mol. The molecule has 0 spiro atoms. The van der Waals surface area contributed by atoms with Gasteiger partial charge in [-0.25, -0.2) is 0 Å². The van der Waals surface area contributed by atoms with Gasteiger partial charge in [0, 0.05) is 52.6 Å². The van der Waals surface area contributed by atoms with Crippen molar-refractivity contribution in [3.05, 3.63) is 30.1 Å². The molecule has 0 saturated heterocycles. The summed E-state index contributed by atoms with van der Waals surface area (Å²) >= 11 is 0. The van der Waals surface area contributed by atoms with E-state index >= 15 is 0 Å². The molecule has 0 bridgehead atoms. The van der Waals surface area contributed by atoms with E-state index in [1.165, 1.54) is 22.8 Å². The van der Waals surface area contributed by atoms with Crippen molar-refractivity contribution in [2.45, 2.75) is 13.0 Å². The van der Waals surface area contributed by atoms with Gasteiger partial charge in [-0.15, -0.1) is 0 Å². The summed E-state index contributed by atoms with van der Waals surface area (Å²) in [4.78, 5) is 3.99. The van der Waals surface area contributed by atoms with Crippen LogP contribution in [0.4, 0.5) is 0 Å². The molecule has 7 nitrogen and oxygen atoms in total. The number of rotatable bonds is 9. The van der Waals surface area contributed by atoms with Gasteiger partial charge in [0.25, 0.3) is 10.2 Å². The number of hydrogen-bond acceptors (Lipinski definition) is 5. The first-order valence-electron chi connectivity index (χ1n) is 6.48. The molecule has 0 atom stereocenters. The minimum Gasteiger partial charge on any atom is -0.383 e. The highest BCUT2D eigenvalue weighted by molar-refractivity contribution is 7.86. The van der Waals surface area contributed by atoms with Crippen LogP contribution in [-0.2, 0) is 21.5 Å². The van der Waals surface area contributed by atoms with Gasteiger partial charge < -0.3 is 4.74 Å². The van der Waals surface area contributed by atoms with Crippen molar-refractivity contribution in [2.24, 2.45) is 0 Å². The molecule has 1 aromatic heterocycles. The second-order valence-electron chi connectivity index (χ2n) is 4.43. The van der Waals surface area contributed by atoms with Crippen LogP contribution in [-0.4, -0.2) is 55.9 Å². The van der Waals surface area contributed by atoms with Gasteiger partial charge in [0.05, 0.1) is 12.7 Å². The second-order valence-corrected chi connectivity index (χ2v) is 6.46. The summed E-state index contributed by atoms with van der Waals surface area (Å²) in [5.41, 5.74) is 0.797. The second kappa shape index (κ2) is 8.69. The minimum atomic E-state index is -3.64. The van der Waals surface area contributed by atoms with Gasteiger partial charge >= 0.3 is 0 Å². The standard InChI is InChI=1S/C13H20N4O3S/c1-16(8-4-6-14)21(18,19)17(9-10-20-2)12-13-5-3-7-15-11-13/h3,5,7,11H,4,8-10,12H2,1-2H3. The number of ether oxygens (including phenoxy) is 1. The van der Waals surface area contributed by atoms with Crippen LogP contribution in [0.1, 0.15) is 12.0 Å². The van der Waals surface area contributed by atoms with Crippen molar-refractivity contribution in [3.63, 3.8) is 0 Å². The van der Waals surface area contributed by atoms with Gasteiger partial charge in [-0.1, -0.05) is 6.07 Å². The molecule has 0 aliphatic rings. The van der Waals surface area contributed by atoms with Crippen molar-refractivity contribution in [1.29, 1.82) is 5.26 Å². The largest absolute Gasteiger partial charge is 0.383 e. The first kappa shape index (κ1) is 17.5. The Morgan fingerprint density at radius 2 is 2.19 bits per heavy atom. The minimum absolute atomic E-state index is 0.154. The lowest BCUT2D eigenvalue weighted by Gasteiger charge is -2.27. The molecule has 0 N–H and O–H groups in total. The van der Waals surface area contributed by atoms with E-state index in [4.69, 9.17) is 10.00 Å². The molecule has 0 aliphatic heterocycles. The quantitative estimate of drug-likeness (QED) is 0.667. The van der Waals surface area contributed by atoms with Gasteiger partial charge in [-0.2, -0.15) is 22.3 Å². The zero-order chi connectivity index (χ0) is 15.7. The monoisotopic (exact) mass is 312 g/mol. The lowest BCUT2D eigenvalue weighted by molar-refractivity contribution is 0.174. The third-order valence-electron chi connectivity index (χ3n) is 2.89. The van der Waals surface area contributed by atoms with Crippen LogP contribution in [0, 0.1) is 11.3 Å². The van der Waals surface area contributed by atoms with Crippen LogP contribution >= 0.6 is 0 Å². The molecular formula is C13H20N4O3S. The topological polar surface area (TPSA) is 86.5 Å². The van der Waals surface area contributed by atoms with E-state index in [0.717, 1.165) is 5.56 Å². The highest BCUT2D eigenvalue weighted by Crippen LogP contribution is 2.12. The Kier molecular flexibility index (Phi) is 7.25. The van der Waals surface area contributed by atoms with Crippen LogP contribution in [0.25, 0.3) is 0 Å². The number of aromatic nitrogens is 1. The van der Waals surface area contributed by atoms with Gasteiger partial charge in [0.1, 0.15) is 0 Å². The Morgan fingerprint density at radius 3 is 2.76 bits per heavy atom. The summed E-state index contributed by atoms with van der Waals surface area (Å²) < 4.78 is 32.5. The summed E-state index contributed by atoms with van der Waals surface area (Å²) in [6, 6.07) is 5.52. The molecule has 1 heterocycles. The fraction of sp³-hybridized carbons (Fsp3) is 0.538. The van der Waals surface area contributed by atoms with Gasteiger partial charge in [-0.3, -0.25) is 4.98 Å². The molecule has 0 aliphatic carbocycles. The van der Waals surface area contributed by atoms with E-state index in [1.54, 1.807) is 18.5 Å². The summed E-state index contributed by atoms with van der Waals surface area (Å²) in [5, 5.41) is 8.58. The maximum absolute atomic E-state index is 12.5. The normalized spacial score (nSPS) is 11.8. The Labute approximate surface area is 125 Å². The smallest absolute Gasteiger partial charge is 0.282 e. The number of pyridine rings is 1. The summed E-state index contributed by atoms with van der Waals surface area (Å²) in [6.45, 7) is 0.919. The lowest BCUT2D eigenvalue weighted by Crippen LogP contribution is -2.43. The average Bonchev–Trinajstić information content (AvgIpc) is 2.49. The van der Waals surface area contributed by atoms with Gasteiger partial charge in [0.15, 0.2) is 0 Å². The molecule has 8 heteroatoms. The maximum Gasteiger partial charge on any atom is 0.282 e. The first-order valence-corrected chi connectivity index (χ1v) is 7.88. The van der Waals surface area contributed by atoms with Gasteiger partial charge in [-0.05, 0) is 11.6 Å². The predicted molar refractivity (Wildman–Crippen MR) is 78.3 cm³/mol. The van der Waals surface area contributed by atoms with Crippen molar-refractivity contribution in [2.75, 3.05) is 33.9 Å². The van der Waals surface area contributed by atoms with Crippen LogP contribution in [0.3, 0.4) is 0 Å². The van der Waals surface area contributed by atoms with Gasteiger partial charge in [0.2, 0.25) is 0 Å². The third kappa shape index (κ3) is 5.40. The molecule has 0 fully saturated rings. The Bertz CT molecular complexity index is 557. The van der Waals surface area contributed by atoms with Crippen LogP contribution in [0.2, 0.25) is 0 Å². The average molecular weight is 312 g/mol. The van der Waals surface area contributed by atoms with Crippen molar-refractivity contribution < 1.29 is 13.2 Å². The predicted octanol–water partition coefficient (Wildman–Crippen LogP) is 0.620. The molecule has 0 aromatic carbocycles.